The summed E-state index contributed by atoms with van der Waals surface area (Å²) in [5.74, 6) is -0.288. The van der Waals surface area contributed by atoms with E-state index < -0.39 is 6.04 Å². The number of nitrogens with one attached hydrogen (secondary N) is 2. The standard InChI is InChI=1S/C16H20N2O2S2/c1-11(2)14(18-15(19)13-6-4-10-22-13)16(20)17-8-7-12-5-3-9-21-12/h3-6,9-11,14H,7-8H2,1-2H3,(H,17,20)(H,18,19). The summed E-state index contributed by atoms with van der Waals surface area (Å²) in [7, 11) is 0. The normalized spacial score (nSPS) is 12.1. The van der Waals surface area contributed by atoms with E-state index in [-0.39, 0.29) is 17.7 Å². The first kappa shape index (κ1) is 16.7. The Balaban J connectivity index is 1.86. The maximum absolute atomic E-state index is 12.3. The highest BCUT2D eigenvalue weighted by Gasteiger charge is 2.24. The van der Waals surface area contributed by atoms with Gasteiger partial charge in [0.05, 0.1) is 4.88 Å². The van der Waals surface area contributed by atoms with Crippen molar-refractivity contribution in [1.82, 2.24) is 10.6 Å². The van der Waals surface area contributed by atoms with Gasteiger partial charge in [0.1, 0.15) is 6.04 Å². The second-order valence-corrected chi connectivity index (χ2v) is 7.27. The number of carbonyl (C=O) groups is 2. The molecule has 2 aromatic rings. The zero-order valence-corrected chi connectivity index (χ0v) is 14.3. The molecule has 118 valence electrons. The van der Waals surface area contributed by atoms with Gasteiger partial charge in [0.25, 0.3) is 5.91 Å². The van der Waals surface area contributed by atoms with Gasteiger partial charge in [-0.15, -0.1) is 22.7 Å². The Hall–Kier alpha value is -1.66. The number of rotatable bonds is 7. The van der Waals surface area contributed by atoms with Gasteiger partial charge in [-0.1, -0.05) is 26.0 Å². The van der Waals surface area contributed by atoms with Gasteiger partial charge in [0.2, 0.25) is 5.91 Å². The monoisotopic (exact) mass is 336 g/mol. The molecule has 0 aliphatic rings. The van der Waals surface area contributed by atoms with Crippen molar-refractivity contribution in [2.45, 2.75) is 26.3 Å². The van der Waals surface area contributed by atoms with Gasteiger partial charge in [-0.05, 0) is 35.2 Å². The molecule has 22 heavy (non-hydrogen) atoms. The Bertz CT molecular complexity index is 592. The molecule has 0 aliphatic heterocycles. The minimum Gasteiger partial charge on any atom is -0.354 e. The third kappa shape index (κ3) is 4.68. The van der Waals surface area contributed by atoms with E-state index in [4.69, 9.17) is 0 Å². The van der Waals surface area contributed by atoms with Crippen LogP contribution in [0.25, 0.3) is 0 Å². The highest BCUT2D eigenvalue weighted by atomic mass is 32.1. The molecular weight excluding hydrogens is 316 g/mol. The van der Waals surface area contributed by atoms with Gasteiger partial charge >= 0.3 is 0 Å². The molecule has 0 aromatic carbocycles. The van der Waals surface area contributed by atoms with Gasteiger partial charge in [0.15, 0.2) is 0 Å². The largest absolute Gasteiger partial charge is 0.354 e. The minimum atomic E-state index is -0.516. The summed E-state index contributed by atoms with van der Waals surface area (Å²) in [5.41, 5.74) is 0. The highest BCUT2D eigenvalue weighted by Crippen LogP contribution is 2.11. The number of thiophene rings is 2. The predicted molar refractivity (Wildman–Crippen MR) is 91.4 cm³/mol. The van der Waals surface area contributed by atoms with Crippen LogP contribution in [0.3, 0.4) is 0 Å². The molecule has 6 heteroatoms. The van der Waals surface area contributed by atoms with E-state index in [1.54, 1.807) is 17.4 Å². The minimum absolute atomic E-state index is 0.0330. The van der Waals surface area contributed by atoms with Gasteiger partial charge in [-0.2, -0.15) is 0 Å². The maximum Gasteiger partial charge on any atom is 0.262 e. The van der Waals surface area contributed by atoms with E-state index in [2.05, 4.69) is 16.7 Å². The zero-order valence-electron chi connectivity index (χ0n) is 12.7. The molecule has 2 rings (SSSR count). The van der Waals surface area contributed by atoms with Crippen molar-refractivity contribution in [3.8, 4) is 0 Å². The summed E-state index contributed by atoms with van der Waals surface area (Å²) in [6.45, 7) is 4.44. The third-order valence-corrected chi connectivity index (χ3v) is 5.04. The summed E-state index contributed by atoms with van der Waals surface area (Å²) >= 11 is 3.05. The van der Waals surface area contributed by atoms with Gasteiger partial charge in [-0.25, -0.2) is 0 Å². The van der Waals surface area contributed by atoms with Crippen molar-refractivity contribution in [1.29, 1.82) is 0 Å². The predicted octanol–water partition coefficient (Wildman–Crippen LogP) is 2.92. The molecule has 1 unspecified atom stereocenters. The first-order valence-corrected chi connectivity index (χ1v) is 8.98. The fourth-order valence-electron chi connectivity index (χ4n) is 2.03. The lowest BCUT2D eigenvalue weighted by molar-refractivity contribution is -0.123. The molecule has 1 atom stereocenters. The van der Waals surface area contributed by atoms with E-state index in [0.717, 1.165) is 6.42 Å². The van der Waals surface area contributed by atoms with Crippen LogP contribution >= 0.6 is 22.7 Å². The molecule has 0 spiro atoms. The first-order chi connectivity index (χ1) is 10.6. The molecule has 2 amide bonds. The molecule has 0 aliphatic carbocycles. The van der Waals surface area contributed by atoms with Crippen LogP contribution in [-0.2, 0) is 11.2 Å². The molecule has 0 radical (unpaired) electrons. The molecule has 2 heterocycles. The van der Waals surface area contributed by atoms with Crippen LogP contribution in [0.2, 0.25) is 0 Å². The number of amides is 2. The molecular formula is C16H20N2O2S2. The molecule has 0 fully saturated rings. The van der Waals surface area contributed by atoms with Crippen molar-refractivity contribution >= 4 is 34.5 Å². The maximum atomic E-state index is 12.3. The van der Waals surface area contributed by atoms with E-state index >= 15 is 0 Å². The smallest absolute Gasteiger partial charge is 0.262 e. The fourth-order valence-corrected chi connectivity index (χ4v) is 3.36. The fraction of sp³-hybridized carbons (Fsp3) is 0.375. The van der Waals surface area contributed by atoms with Gasteiger partial charge in [0, 0.05) is 11.4 Å². The Morgan fingerprint density at radius 2 is 1.86 bits per heavy atom. The van der Waals surface area contributed by atoms with E-state index in [1.807, 2.05) is 36.7 Å². The number of carbonyl (C=O) groups excluding carboxylic acids is 2. The lowest BCUT2D eigenvalue weighted by Crippen LogP contribution is -2.49. The van der Waals surface area contributed by atoms with E-state index in [9.17, 15) is 9.59 Å². The van der Waals surface area contributed by atoms with Crippen molar-refractivity contribution in [3.05, 3.63) is 44.8 Å². The lowest BCUT2D eigenvalue weighted by Gasteiger charge is -2.21. The third-order valence-electron chi connectivity index (χ3n) is 3.23. The zero-order chi connectivity index (χ0) is 15.9. The average Bonchev–Trinajstić information content (AvgIpc) is 3.16. The van der Waals surface area contributed by atoms with Crippen molar-refractivity contribution in [3.63, 3.8) is 0 Å². The van der Waals surface area contributed by atoms with E-state index in [0.29, 0.717) is 11.4 Å². The Morgan fingerprint density at radius 3 is 2.45 bits per heavy atom. The SMILES string of the molecule is CC(C)C(NC(=O)c1cccs1)C(=O)NCCc1cccs1. The second kappa shape index (κ2) is 8.10. The van der Waals surface area contributed by atoms with Gasteiger partial charge in [-0.3, -0.25) is 9.59 Å². The summed E-state index contributed by atoms with van der Waals surface area (Å²) < 4.78 is 0. The van der Waals surface area contributed by atoms with Crippen LogP contribution in [0.1, 0.15) is 28.4 Å². The Labute approximate surface area is 138 Å². The van der Waals surface area contributed by atoms with Crippen LogP contribution in [-0.4, -0.2) is 24.4 Å². The van der Waals surface area contributed by atoms with Crippen molar-refractivity contribution in [2.75, 3.05) is 6.54 Å². The molecule has 2 N–H and O–H groups in total. The molecule has 0 saturated carbocycles. The topological polar surface area (TPSA) is 58.2 Å². The first-order valence-electron chi connectivity index (χ1n) is 7.22. The van der Waals surface area contributed by atoms with Crippen LogP contribution in [0.4, 0.5) is 0 Å². The molecule has 0 saturated heterocycles. The number of hydrogen-bond donors (Lipinski definition) is 2. The van der Waals surface area contributed by atoms with E-state index in [1.165, 1.54) is 16.2 Å². The van der Waals surface area contributed by atoms with Crippen LogP contribution in [0.15, 0.2) is 35.0 Å². The molecule has 2 aromatic heterocycles. The molecule has 4 nitrogen and oxygen atoms in total. The Kier molecular flexibility index (Phi) is 6.15. The van der Waals surface area contributed by atoms with Gasteiger partial charge < -0.3 is 10.6 Å². The summed E-state index contributed by atoms with van der Waals surface area (Å²) in [4.78, 5) is 26.3. The number of hydrogen-bond acceptors (Lipinski definition) is 4. The Morgan fingerprint density at radius 1 is 1.14 bits per heavy atom. The van der Waals surface area contributed by atoms with Crippen LogP contribution in [0.5, 0.6) is 0 Å². The van der Waals surface area contributed by atoms with Crippen molar-refractivity contribution in [2.24, 2.45) is 5.92 Å². The quantitative estimate of drug-likeness (QED) is 0.817. The van der Waals surface area contributed by atoms with Crippen molar-refractivity contribution < 1.29 is 9.59 Å². The summed E-state index contributed by atoms with van der Waals surface area (Å²) in [6, 6.07) is 7.12. The lowest BCUT2D eigenvalue weighted by atomic mass is 10.0. The second-order valence-electron chi connectivity index (χ2n) is 5.29. The van der Waals surface area contributed by atoms with Crippen LogP contribution in [0, 0.1) is 5.92 Å². The molecule has 0 bridgehead atoms. The summed E-state index contributed by atoms with van der Waals surface area (Å²) in [5, 5.41) is 9.60. The highest BCUT2D eigenvalue weighted by molar-refractivity contribution is 7.12. The average molecular weight is 336 g/mol. The summed E-state index contributed by atoms with van der Waals surface area (Å²) in [6.07, 6.45) is 0.813. The van der Waals surface area contributed by atoms with Crippen LogP contribution < -0.4 is 10.6 Å².